The number of anilines is 1. The van der Waals surface area contributed by atoms with Crippen LogP contribution in [0, 0.1) is 0 Å². The fraction of sp³-hybridized carbons (Fsp3) is 0.143. The number of carbonyl (C=O) groups excluding carboxylic acids is 1. The topological polar surface area (TPSA) is 68.0 Å². The highest BCUT2D eigenvalue weighted by molar-refractivity contribution is 6.33. The summed E-state index contributed by atoms with van der Waals surface area (Å²) < 4.78 is 0. The fourth-order valence-electron chi connectivity index (χ4n) is 1.76. The van der Waals surface area contributed by atoms with Crippen LogP contribution in [0.1, 0.15) is 11.5 Å². The van der Waals surface area contributed by atoms with Gasteiger partial charge in [0.2, 0.25) is 5.91 Å². The molecular weight excluding hydrogens is 262 g/mol. The van der Waals surface area contributed by atoms with Gasteiger partial charge in [-0.3, -0.25) is 4.79 Å². The van der Waals surface area contributed by atoms with Crippen molar-refractivity contribution in [1.29, 1.82) is 0 Å². The molecule has 2 aromatic rings. The lowest BCUT2D eigenvalue weighted by atomic mass is 9.98. The molecule has 0 fully saturated rings. The zero-order valence-electron chi connectivity index (χ0n) is 10.2. The minimum absolute atomic E-state index is 0.214. The average molecular weight is 276 g/mol. The van der Waals surface area contributed by atoms with Crippen molar-refractivity contribution in [1.82, 2.24) is 4.98 Å². The lowest BCUT2D eigenvalue weighted by molar-refractivity contribution is -0.117. The maximum Gasteiger partial charge on any atom is 0.234 e. The Labute approximate surface area is 116 Å². The summed E-state index contributed by atoms with van der Waals surface area (Å²) in [4.78, 5) is 16.2. The van der Waals surface area contributed by atoms with Crippen molar-refractivity contribution >= 4 is 23.3 Å². The van der Waals surface area contributed by atoms with Crippen LogP contribution in [0.4, 0.5) is 5.82 Å². The van der Waals surface area contributed by atoms with Crippen molar-refractivity contribution in [3.63, 3.8) is 0 Å². The maximum atomic E-state index is 12.2. The number of pyridine rings is 1. The molecule has 2 rings (SSSR count). The predicted octanol–water partition coefficient (Wildman–Crippen LogP) is 2.42. The van der Waals surface area contributed by atoms with Crippen molar-refractivity contribution < 1.29 is 4.79 Å². The molecule has 0 aliphatic carbocycles. The molecule has 0 saturated heterocycles. The normalized spacial score (nSPS) is 11.9. The molecule has 1 heterocycles. The van der Waals surface area contributed by atoms with Gasteiger partial charge in [-0.05, 0) is 17.7 Å². The quantitative estimate of drug-likeness (QED) is 0.900. The van der Waals surface area contributed by atoms with Gasteiger partial charge in [-0.2, -0.15) is 0 Å². The molecule has 3 N–H and O–H groups in total. The number of aromatic nitrogens is 1. The molecule has 0 bridgehead atoms. The molecule has 5 heteroatoms. The summed E-state index contributed by atoms with van der Waals surface area (Å²) in [5.41, 5.74) is 6.55. The molecule has 4 nitrogen and oxygen atoms in total. The van der Waals surface area contributed by atoms with E-state index < -0.39 is 5.92 Å². The van der Waals surface area contributed by atoms with Crippen molar-refractivity contribution in [2.45, 2.75) is 5.92 Å². The third-order valence-corrected chi connectivity index (χ3v) is 3.06. The van der Waals surface area contributed by atoms with Crippen molar-refractivity contribution in [3.05, 3.63) is 59.2 Å². The molecule has 98 valence electrons. The zero-order valence-corrected chi connectivity index (χ0v) is 11.0. The Hall–Kier alpha value is -1.91. The molecule has 1 atom stereocenters. The summed E-state index contributed by atoms with van der Waals surface area (Å²) in [5, 5.41) is 3.10. The Morgan fingerprint density at radius 3 is 2.63 bits per heavy atom. The molecule has 1 aromatic carbocycles. The highest BCUT2D eigenvalue weighted by atomic mass is 35.5. The monoisotopic (exact) mass is 275 g/mol. The van der Waals surface area contributed by atoms with E-state index >= 15 is 0 Å². The van der Waals surface area contributed by atoms with Crippen LogP contribution in [0.25, 0.3) is 0 Å². The van der Waals surface area contributed by atoms with E-state index in [2.05, 4.69) is 10.3 Å². The number of rotatable bonds is 4. The number of amides is 1. The summed E-state index contributed by atoms with van der Waals surface area (Å²) in [6.45, 7) is 0.223. The molecule has 0 aliphatic heterocycles. The second kappa shape index (κ2) is 6.31. The van der Waals surface area contributed by atoms with Gasteiger partial charge in [0.05, 0.1) is 10.9 Å². The van der Waals surface area contributed by atoms with E-state index in [4.69, 9.17) is 17.3 Å². The van der Waals surface area contributed by atoms with Crippen LogP contribution in [-0.4, -0.2) is 17.4 Å². The van der Waals surface area contributed by atoms with E-state index in [0.717, 1.165) is 5.56 Å². The minimum Gasteiger partial charge on any atom is -0.329 e. The summed E-state index contributed by atoms with van der Waals surface area (Å²) in [6.07, 6.45) is 1.57. The predicted molar refractivity (Wildman–Crippen MR) is 76.1 cm³/mol. The summed E-state index contributed by atoms with van der Waals surface area (Å²) >= 11 is 5.95. The van der Waals surface area contributed by atoms with Crippen LogP contribution in [0.2, 0.25) is 5.02 Å². The first-order valence-electron chi connectivity index (χ1n) is 5.88. The highest BCUT2D eigenvalue weighted by Gasteiger charge is 2.19. The van der Waals surface area contributed by atoms with Gasteiger partial charge < -0.3 is 11.1 Å². The summed E-state index contributed by atoms with van der Waals surface area (Å²) in [7, 11) is 0. The molecule has 1 amide bonds. The van der Waals surface area contributed by atoms with Crippen molar-refractivity contribution in [3.8, 4) is 0 Å². The van der Waals surface area contributed by atoms with Crippen LogP contribution in [-0.2, 0) is 4.79 Å². The van der Waals surface area contributed by atoms with E-state index in [1.807, 2.05) is 30.3 Å². The smallest absolute Gasteiger partial charge is 0.234 e. The Morgan fingerprint density at radius 1 is 1.26 bits per heavy atom. The molecular formula is C14H14ClN3O. The molecule has 0 spiro atoms. The maximum absolute atomic E-state index is 12.2. The van der Waals surface area contributed by atoms with Gasteiger partial charge in [0.15, 0.2) is 5.82 Å². The number of hydrogen-bond donors (Lipinski definition) is 2. The number of nitrogens with one attached hydrogen (secondary N) is 1. The van der Waals surface area contributed by atoms with Gasteiger partial charge in [0, 0.05) is 12.7 Å². The Morgan fingerprint density at radius 2 is 2.00 bits per heavy atom. The number of nitrogens with two attached hydrogens (primary N) is 1. The Balaban J connectivity index is 2.17. The standard InChI is InChI=1S/C14H14ClN3O/c15-12-7-4-8-17-13(12)18-14(19)11(9-16)10-5-2-1-3-6-10/h1-8,11H,9,16H2,(H,17,18,19). The van der Waals surface area contributed by atoms with Crippen LogP contribution >= 0.6 is 11.6 Å². The van der Waals surface area contributed by atoms with E-state index in [0.29, 0.717) is 10.8 Å². The third-order valence-electron chi connectivity index (χ3n) is 2.75. The van der Waals surface area contributed by atoms with E-state index in [-0.39, 0.29) is 12.5 Å². The van der Waals surface area contributed by atoms with Gasteiger partial charge in [-0.25, -0.2) is 4.98 Å². The SMILES string of the molecule is NCC(C(=O)Nc1ncccc1Cl)c1ccccc1. The molecule has 0 aliphatic rings. The lowest BCUT2D eigenvalue weighted by Crippen LogP contribution is -2.27. The van der Waals surface area contributed by atoms with Crippen molar-refractivity contribution in [2.75, 3.05) is 11.9 Å². The van der Waals surface area contributed by atoms with Crippen LogP contribution in [0.15, 0.2) is 48.7 Å². The minimum atomic E-state index is -0.417. The largest absolute Gasteiger partial charge is 0.329 e. The van der Waals surface area contributed by atoms with Gasteiger partial charge in [-0.1, -0.05) is 41.9 Å². The number of benzene rings is 1. The molecule has 0 radical (unpaired) electrons. The number of halogens is 1. The lowest BCUT2D eigenvalue weighted by Gasteiger charge is -2.15. The summed E-state index contributed by atoms with van der Waals surface area (Å²) in [5.74, 6) is -0.280. The first-order valence-corrected chi connectivity index (χ1v) is 6.26. The van der Waals surface area contributed by atoms with Gasteiger partial charge in [0.25, 0.3) is 0 Å². The third kappa shape index (κ3) is 3.30. The fourth-order valence-corrected chi connectivity index (χ4v) is 1.93. The van der Waals surface area contributed by atoms with E-state index in [1.165, 1.54) is 0 Å². The zero-order chi connectivity index (χ0) is 13.7. The Bertz CT molecular complexity index is 560. The molecule has 19 heavy (non-hydrogen) atoms. The first-order chi connectivity index (χ1) is 9.22. The number of carbonyl (C=O) groups is 1. The average Bonchev–Trinajstić information content (AvgIpc) is 2.43. The van der Waals surface area contributed by atoms with Gasteiger partial charge in [0.1, 0.15) is 0 Å². The van der Waals surface area contributed by atoms with Gasteiger partial charge in [-0.15, -0.1) is 0 Å². The van der Waals surface area contributed by atoms with E-state index in [1.54, 1.807) is 18.3 Å². The molecule has 0 saturated carbocycles. The Kier molecular flexibility index (Phi) is 4.49. The van der Waals surface area contributed by atoms with Crippen LogP contribution < -0.4 is 11.1 Å². The summed E-state index contributed by atoms with van der Waals surface area (Å²) in [6, 6.07) is 12.8. The van der Waals surface area contributed by atoms with Crippen molar-refractivity contribution in [2.24, 2.45) is 5.73 Å². The number of nitrogens with zero attached hydrogens (tertiary/aromatic N) is 1. The number of hydrogen-bond acceptors (Lipinski definition) is 3. The first kappa shape index (κ1) is 13.5. The van der Waals surface area contributed by atoms with Gasteiger partial charge >= 0.3 is 0 Å². The highest BCUT2D eigenvalue weighted by Crippen LogP contribution is 2.21. The van der Waals surface area contributed by atoms with E-state index in [9.17, 15) is 4.79 Å². The second-order valence-corrected chi connectivity index (χ2v) is 4.43. The second-order valence-electron chi connectivity index (χ2n) is 4.02. The molecule has 1 aromatic heterocycles. The molecule has 1 unspecified atom stereocenters. The van der Waals surface area contributed by atoms with Crippen LogP contribution in [0.3, 0.4) is 0 Å². The van der Waals surface area contributed by atoms with Crippen LogP contribution in [0.5, 0.6) is 0 Å².